The first-order valence-corrected chi connectivity index (χ1v) is 7.60. The highest BCUT2D eigenvalue weighted by molar-refractivity contribution is 9.10. The van der Waals surface area contributed by atoms with Crippen molar-refractivity contribution in [2.45, 2.75) is 6.54 Å². The number of nitrogens with zero attached hydrogens (tertiary/aromatic N) is 3. The Kier molecular flexibility index (Phi) is 4.35. The molecule has 2 aromatic rings. The lowest BCUT2D eigenvalue weighted by atomic mass is 10.2. The number of piperazine rings is 1. The van der Waals surface area contributed by atoms with Gasteiger partial charge in [0.2, 0.25) is 0 Å². The maximum absolute atomic E-state index is 5.93. The van der Waals surface area contributed by atoms with Gasteiger partial charge in [0.15, 0.2) is 5.82 Å². The van der Waals surface area contributed by atoms with Gasteiger partial charge in [-0.2, -0.15) is 4.98 Å². The molecule has 1 aromatic heterocycles. The molecule has 5 nitrogen and oxygen atoms in total. The van der Waals surface area contributed by atoms with Crippen LogP contribution < -0.4 is 5.32 Å². The summed E-state index contributed by atoms with van der Waals surface area (Å²) >= 11 is 9.39. The maximum Gasteiger partial charge on any atom is 0.259 e. The molecule has 0 amide bonds. The fraction of sp³-hybridized carbons (Fsp3) is 0.385. The molecule has 0 unspecified atom stereocenters. The van der Waals surface area contributed by atoms with Crippen molar-refractivity contribution in [1.29, 1.82) is 0 Å². The Morgan fingerprint density at radius 1 is 1.35 bits per heavy atom. The molecular weight excluding hydrogens is 344 g/mol. The van der Waals surface area contributed by atoms with E-state index >= 15 is 0 Å². The number of nitrogens with one attached hydrogen (secondary N) is 1. The molecule has 1 N–H and O–H groups in total. The molecule has 1 aliphatic rings. The second-order valence-corrected chi connectivity index (χ2v) is 5.96. The number of rotatable bonds is 3. The summed E-state index contributed by atoms with van der Waals surface area (Å²) in [7, 11) is 0. The fourth-order valence-corrected chi connectivity index (χ4v) is 3.01. The monoisotopic (exact) mass is 356 g/mol. The van der Waals surface area contributed by atoms with E-state index in [4.69, 9.17) is 16.1 Å². The smallest absolute Gasteiger partial charge is 0.259 e. The van der Waals surface area contributed by atoms with Gasteiger partial charge in [0.1, 0.15) is 0 Å². The van der Waals surface area contributed by atoms with E-state index in [0.717, 1.165) is 42.8 Å². The molecule has 0 aliphatic carbocycles. The van der Waals surface area contributed by atoms with E-state index in [9.17, 15) is 0 Å². The van der Waals surface area contributed by atoms with Crippen LogP contribution in [0.25, 0.3) is 11.5 Å². The molecule has 1 aliphatic heterocycles. The molecule has 20 heavy (non-hydrogen) atoms. The van der Waals surface area contributed by atoms with E-state index in [2.05, 4.69) is 36.3 Å². The average Bonchev–Trinajstić information content (AvgIpc) is 2.88. The minimum absolute atomic E-state index is 0.513. The third-order valence-electron chi connectivity index (χ3n) is 3.20. The van der Waals surface area contributed by atoms with Gasteiger partial charge < -0.3 is 9.84 Å². The predicted octanol–water partition coefficient (Wildman–Crippen LogP) is 2.56. The molecule has 0 atom stereocenters. The summed E-state index contributed by atoms with van der Waals surface area (Å²) in [6, 6.07) is 5.49. The first-order chi connectivity index (χ1) is 9.72. The van der Waals surface area contributed by atoms with E-state index in [-0.39, 0.29) is 0 Å². The molecule has 0 bridgehead atoms. The molecule has 106 valence electrons. The first kappa shape index (κ1) is 14.0. The van der Waals surface area contributed by atoms with Crippen LogP contribution in [0, 0.1) is 0 Å². The van der Waals surface area contributed by atoms with Crippen molar-refractivity contribution in [1.82, 2.24) is 20.4 Å². The van der Waals surface area contributed by atoms with Crippen molar-refractivity contribution in [3.05, 3.63) is 33.5 Å². The lowest BCUT2D eigenvalue weighted by Gasteiger charge is -2.25. The Morgan fingerprint density at radius 3 is 2.90 bits per heavy atom. The molecule has 7 heteroatoms. The van der Waals surface area contributed by atoms with E-state index in [1.165, 1.54) is 0 Å². The van der Waals surface area contributed by atoms with Crippen LogP contribution in [0.15, 0.2) is 27.2 Å². The lowest BCUT2D eigenvalue weighted by molar-refractivity contribution is 0.225. The Balaban J connectivity index is 1.75. The van der Waals surface area contributed by atoms with Gasteiger partial charge in [0.25, 0.3) is 5.89 Å². The van der Waals surface area contributed by atoms with Gasteiger partial charge in [0, 0.05) is 35.7 Å². The molecule has 1 saturated heterocycles. The standard InChI is InChI=1S/C13H14BrClN4O/c14-11-7-9(15)1-2-10(11)13-17-12(18-20-13)8-19-5-3-16-4-6-19/h1-2,7,16H,3-6,8H2. The summed E-state index contributed by atoms with van der Waals surface area (Å²) in [5, 5.41) is 8.04. The highest BCUT2D eigenvalue weighted by atomic mass is 79.9. The molecule has 0 spiro atoms. The second-order valence-electron chi connectivity index (χ2n) is 4.67. The summed E-state index contributed by atoms with van der Waals surface area (Å²) in [5.41, 5.74) is 0.855. The van der Waals surface area contributed by atoms with Crippen molar-refractivity contribution >= 4 is 27.5 Å². The van der Waals surface area contributed by atoms with Crippen LogP contribution in [0.4, 0.5) is 0 Å². The van der Waals surface area contributed by atoms with Gasteiger partial charge in [-0.05, 0) is 34.1 Å². The van der Waals surface area contributed by atoms with Gasteiger partial charge >= 0.3 is 0 Å². The highest BCUT2D eigenvalue weighted by Gasteiger charge is 2.16. The van der Waals surface area contributed by atoms with Crippen molar-refractivity contribution in [3.63, 3.8) is 0 Å². The van der Waals surface area contributed by atoms with E-state index < -0.39 is 0 Å². The average molecular weight is 358 g/mol. The molecule has 1 aromatic carbocycles. The topological polar surface area (TPSA) is 54.2 Å². The van der Waals surface area contributed by atoms with Crippen molar-refractivity contribution < 1.29 is 4.52 Å². The number of hydrogen-bond acceptors (Lipinski definition) is 5. The Morgan fingerprint density at radius 2 is 2.15 bits per heavy atom. The quantitative estimate of drug-likeness (QED) is 0.915. The Hall–Kier alpha value is -0.950. The minimum atomic E-state index is 0.513. The van der Waals surface area contributed by atoms with Crippen LogP contribution in [0.5, 0.6) is 0 Å². The van der Waals surface area contributed by atoms with Crippen LogP contribution in [0.1, 0.15) is 5.82 Å². The molecular formula is C13H14BrClN4O. The lowest BCUT2D eigenvalue weighted by Crippen LogP contribution is -2.43. The molecule has 3 rings (SSSR count). The van der Waals surface area contributed by atoms with Gasteiger partial charge in [0.05, 0.1) is 12.1 Å². The van der Waals surface area contributed by atoms with Gasteiger partial charge in [-0.1, -0.05) is 16.8 Å². The zero-order chi connectivity index (χ0) is 13.9. The van der Waals surface area contributed by atoms with E-state index in [0.29, 0.717) is 16.7 Å². The molecule has 0 saturated carbocycles. The Bertz CT molecular complexity index is 598. The van der Waals surface area contributed by atoms with Crippen LogP contribution in [-0.4, -0.2) is 41.2 Å². The first-order valence-electron chi connectivity index (χ1n) is 6.43. The van der Waals surface area contributed by atoms with Crippen LogP contribution in [0.2, 0.25) is 5.02 Å². The van der Waals surface area contributed by atoms with Gasteiger partial charge in [-0.15, -0.1) is 0 Å². The van der Waals surface area contributed by atoms with Crippen LogP contribution in [0.3, 0.4) is 0 Å². The molecule has 2 heterocycles. The van der Waals surface area contributed by atoms with Crippen LogP contribution in [-0.2, 0) is 6.54 Å². The fourth-order valence-electron chi connectivity index (χ4n) is 2.16. The van der Waals surface area contributed by atoms with Gasteiger partial charge in [-0.3, -0.25) is 4.90 Å². The molecule has 1 fully saturated rings. The largest absolute Gasteiger partial charge is 0.334 e. The highest BCUT2D eigenvalue weighted by Crippen LogP contribution is 2.29. The Labute approximate surface area is 130 Å². The zero-order valence-corrected chi connectivity index (χ0v) is 13.1. The second kappa shape index (κ2) is 6.22. The number of halogens is 2. The normalized spacial score (nSPS) is 16.5. The summed E-state index contributed by atoms with van der Waals surface area (Å²) in [6.07, 6.45) is 0. The van der Waals surface area contributed by atoms with Crippen LogP contribution >= 0.6 is 27.5 Å². The number of aromatic nitrogens is 2. The third-order valence-corrected chi connectivity index (χ3v) is 4.10. The summed E-state index contributed by atoms with van der Waals surface area (Å²) in [4.78, 5) is 6.76. The number of hydrogen-bond donors (Lipinski definition) is 1. The van der Waals surface area contributed by atoms with Crippen molar-refractivity contribution in [2.24, 2.45) is 0 Å². The number of benzene rings is 1. The third kappa shape index (κ3) is 3.20. The predicted molar refractivity (Wildman–Crippen MR) is 80.6 cm³/mol. The SMILES string of the molecule is Clc1ccc(-c2nc(CN3CCNCC3)no2)c(Br)c1. The summed E-state index contributed by atoms with van der Waals surface area (Å²) in [6.45, 7) is 4.75. The zero-order valence-electron chi connectivity index (χ0n) is 10.8. The van der Waals surface area contributed by atoms with Crippen molar-refractivity contribution in [2.75, 3.05) is 26.2 Å². The maximum atomic E-state index is 5.93. The molecule has 0 radical (unpaired) electrons. The van der Waals surface area contributed by atoms with E-state index in [1.54, 1.807) is 0 Å². The minimum Gasteiger partial charge on any atom is -0.334 e. The van der Waals surface area contributed by atoms with E-state index in [1.807, 2.05) is 18.2 Å². The summed E-state index contributed by atoms with van der Waals surface area (Å²) in [5.74, 6) is 1.22. The summed E-state index contributed by atoms with van der Waals surface area (Å²) < 4.78 is 6.19. The van der Waals surface area contributed by atoms with Crippen molar-refractivity contribution in [3.8, 4) is 11.5 Å². The van der Waals surface area contributed by atoms with Gasteiger partial charge in [-0.25, -0.2) is 0 Å².